The largest absolute Gasteiger partial charge is 0.337 e. The third-order valence-corrected chi connectivity index (χ3v) is 7.86. The Balaban J connectivity index is 1.37. The molecule has 160 valence electrons. The number of halogens is 2. The average molecular weight is 463 g/mol. The normalized spacial score (nSPS) is 15.6. The molecule has 0 atom stereocenters. The Morgan fingerprint density at radius 2 is 1.84 bits per heavy atom. The molecule has 1 aromatic carbocycles. The molecule has 0 unspecified atom stereocenters. The fourth-order valence-electron chi connectivity index (χ4n) is 3.48. The zero-order valence-electron chi connectivity index (χ0n) is 16.0. The number of thiophene rings is 1. The standard InChI is InChI=1S/C19H16F2N6O2S2/c20-13-3-4-17(14(21)12-13)31(28,29)26-9-7-25(8-10-26)19-23-18-22-6-5-15(27(18)24-19)16-2-1-11-30-16/h1-6,11-12H,7-10H2. The van der Waals surface area contributed by atoms with Crippen molar-refractivity contribution in [3.8, 4) is 10.6 Å². The molecule has 0 spiro atoms. The van der Waals surface area contributed by atoms with E-state index in [1.54, 1.807) is 22.0 Å². The smallest absolute Gasteiger partial charge is 0.254 e. The lowest BCUT2D eigenvalue weighted by molar-refractivity contribution is 0.380. The Kier molecular flexibility index (Phi) is 4.91. The number of hydrogen-bond donors (Lipinski definition) is 0. The van der Waals surface area contributed by atoms with Crippen molar-refractivity contribution in [1.29, 1.82) is 0 Å². The van der Waals surface area contributed by atoms with Gasteiger partial charge < -0.3 is 4.90 Å². The van der Waals surface area contributed by atoms with Crippen molar-refractivity contribution < 1.29 is 17.2 Å². The first-order valence-corrected chi connectivity index (χ1v) is 11.7. The van der Waals surface area contributed by atoms with E-state index >= 15 is 0 Å². The zero-order chi connectivity index (χ0) is 21.6. The highest BCUT2D eigenvalue weighted by Gasteiger charge is 2.32. The van der Waals surface area contributed by atoms with E-state index in [4.69, 9.17) is 0 Å². The minimum Gasteiger partial charge on any atom is -0.337 e. The molecular formula is C19H16F2N6O2S2. The zero-order valence-corrected chi connectivity index (χ0v) is 17.7. The van der Waals surface area contributed by atoms with Gasteiger partial charge in [0.1, 0.15) is 16.5 Å². The van der Waals surface area contributed by atoms with Crippen LogP contribution >= 0.6 is 11.3 Å². The Hall–Kier alpha value is -2.96. The maximum atomic E-state index is 14.0. The van der Waals surface area contributed by atoms with Crippen LogP contribution in [0.2, 0.25) is 0 Å². The van der Waals surface area contributed by atoms with Gasteiger partial charge in [0.2, 0.25) is 16.0 Å². The van der Waals surface area contributed by atoms with Crippen molar-refractivity contribution in [2.45, 2.75) is 4.90 Å². The summed E-state index contributed by atoms with van der Waals surface area (Å²) in [5.41, 5.74) is 0.867. The topological polar surface area (TPSA) is 83.7 Å². The number of benzene rings is 1. The third kappa shape index (κ3) is 3.56. The first-order chi connectivity index (χ1) is 14.9. The minimum absolute atomic E-state index is 0.125. The summed E-state index contributed by atoms with van der Waals surface area (Å²) in [5.74, 6) is -1.03. The van der Waals surface area contributed by atoms with Crippen molar-refractivity contribution in [2.24, 2.45) is 0 Å². The van der Waals surface area contributed by atoms with Crippen molar-refractivity contribution in [3.05, 3.63) is 59.6 Å². The molecule has 1 saturated heterocycles. The van der Waals surface area contributed by atoms with E-state index in [1.807, 2.05) is 28.5 Å². The van der Waals surface area contributed by atoms with Crippen LogP contribution in [0.15, 0.2) is 52.9 Å². The van der Waals surface area contributed by atoms with Gasteiger partial charge in [0.05, 0.1) is 10.6 Å². The second kappa shape index (κ2) is 7.62. The predicted octanol–water partition coefficient (Wildman–Crippen LogP) is 2.64. The molecule has 0 radical (unpaired) electrons. The quantitative estimate of drug-likeness (QED) is 0.464. The van der Waals surface area contributed by atoms with E-state index < -0.39 is 26.6 Å². The molecular weight excluding hydrogens is 446 g/mol. The molecule has 0 aliphatic carbocycles. The molecule has 31 heavy (non-hydrogen) atoms. The van der Waals surface area contributed by atoms with E-state index in [2.05, 4.69) is 15.1 Å². The molecule has 0 saturated carbocycles. The summed E-state index contributed by atoms with van der Waals surface area (Å²) < 4.78 is 55.6. The Morgan fingerprint density at radius 3 is 2.55 bits per heavy atom. The van der Waals surface area contributed by atoms with Crippen LogP contribution in [0.5, 0.6) is 0 Å². The summed E-state index contributed by atoms with van der Waals surface area (Å²) in [6.07, 6.45) is 1.67. The number of fused-ring (bicyclic) bond motifs is 1. The van der Waals surface area contributed by atoms with E-state index in [0.717, 1.165) is 22.7 Å². The molecule has 5 rings (SSSR count). The molecule has 8 nitrogen and oxygen atoms in total. The maximum Gasteiger partial charge on any atom is 0.254 e. The predicted molar refractivity (Wildman–Crippen MR) is 111 cm³/mol. The summed E-state index contributed by atoms with van der Waals surface area (Å²) in [5, 5.41) is 6.54. The van der Waals surface area contributed by atoms with Crippen LogP contribution in [0.1, 0.15) is 0 Å². The molecule has 12 heteroatoms. The maximum absolute atomic E-state index is 14.0. The summed E-state index contributed by atoms with van der Waals surface area (Å²) in [6.45, 7) is 0.903. The molecule has 1 aliphatic rings. The number of nitrogens with zero attached hydrogens (tertiary/aromatic N) is 6. The lowest BCUT2D eigenvalue weighted by Crippen LogP contribution is -2.49. The van der Waals surface area contributed by atoms with Crippen LogP contribution in [0.25, 0.3) is 16.3 Å². The molecule has 4 heterocycles. The van der Waals surface area contributed by atoms with Crippen LogP contribution in [-0.2, 0) is 10.0 Å². The molecule has 0 bridgehead atoms. The number of piperazine rings is 1. The van der Waals surface area contributed by atoms with Gasteiger partial charge in [0.25, 0.3) is 5.78 Å². The van der Waals surface area contributed by atoms with Crippen LogP contribution in [0, 0.1) is 11.6 Å². The summed E-state index contributed by atoms with van der Waals surface area (Å²) in [6, 6.07) is 8.26. The minimum atomic E-state index is -4.07. The summed E-state index contributed by atoms with van der Waals surface area (Å²) in [4.78, 5) is 11.1. The lowest BCUT2D eigenvalue weighted by Gasteiger charge is -2.33. The second-order valence-electron chi connectivity index (χ2n) is 6.90. The van der Waals surface area contributed by atoms with Gasteiger partial charge in [-0.1, -0.05) is 6.07 Å². The van der Waals surface area contributed by atoms with Gasteiger partial charge in [-0.15, -0.1) is 16.4 Å². The fourth-order valence-corrected chi connectivity index (χ4v) is 5.68. The molecule has 3 aromatic heterocycles. The third-order valence-electron chi connectivity index (χ3n) is 5.04. The van der Waals surface area contributed by atoms with Gasteiger partial charge in [-0.3, -0.25) is 0 Å². The van der Waals surface area contributed by atoms with Gasteiger partial charge in [-0.25, -0.2) is 22.2 Å². The summed E-state index contributed by atoms with van der Waals surface area (Å²) >= 11 is 1.58. The van der Waals surface area contributed by atoms with Gasteiger partial charge >= 0.3 is 0 Å². The van der Waals surface area contributed by atoms with Crippen LogP contribution in [0.3, 0.4) is 0 Å². The van der Waals surface area contributed by atoms with Crippen LogP contribution in [-0.4, -0.2) is 58.5 Å². The highest BCUT2D eigenvalue weighted by molar-refractivity contribution is 7.89. The Bertz CT molecular complexity index is 1350. The van der Waals surface area contributed by atoms with Crippen molar-refractivity contribution >= 4 is 33.1 Å². The van der Waals surface area contributed by atoms with E-state index in [0.29, 0.717) is 30.9 Å². The van der Waals surface area contributed by atoms with Crippen molar-refractivity contribution in [2.75, 3.05) is 31.1 Å². The van der Waals surface area contributed by atoms with Crippen LogP contribution in [0.4, 0.5) is 14.7 Å². The van der Waals surface area contributed by atoms with E-state index in [9.17, 15) is 17.2 Å². The lowest BCUT2D eigenvalue weighted by atomic mass is 10.3. The van der Waals surface area contributed by atoms with Gasteiger partial charge in [-0.05, 0) is 29.6 Å². The van der Waals surface area contributed by atoms with Crippen LogP contribution < -0.4 is 4.90 Å². The van der Waals surface area contributed by atoms with Gasteiger partial charge in [0, 0.05) is 38.4 Å². The molecule has 0 N–H and O–H groups in total. The number of aromatic nitrogens is 4. The van der Waals surface area contributed by atoms with Crippen molar-refractivity contribution in [1.82, 2.24) is 23.9 Å². The van der Waals surface area contributed by atoms with E-state index in [-0.39, 0.29) is 13.1 Å². The number of sulfonamides is 1. The average Bonchev–Trinajstić information content (AvgIpc) is 3.43. The number of hydrogen-bond acceptors (Lipinski definition) is 7. The number of anilines is 1. The van der Waals surface area contributed by atoms with Crippen molar-refractivity contribution in [3.63, 3.8) is 0 Å². The first kappa shape index (κ1) is 20.0. The second-order valence-corrected chi connectivity index (χ2v) is 9.75. The van der Waals surface area contributed by atoms with E-state index in [1.165, 1.54) is 4.31 Å². The van der Waals surface area contributed by atoms with Gasteiger partial charge in [-0.2, -0.15) is 13.8 Å². The first-order valence-electron chi connectivity index (χ1n) is 9.39. The highest BCUT2D eigenvalue weighted by atomic mass is 32.2. The Labute approximate surface area is 180 Å². The molecule has 1 fully saturated rings. The molecule has 4 aromatic rings. The SMILES string of the molecule is O=S(=O)(c1ccc(F)cc1F)N1CCN(c2nc3nccc(-c4cccs4)n3n2)CC1. The fraction of sp³-hybridized carbons (Fsp3) is 0.211. The molecule has 0 amide bonds. The highest BCUT2D eigenvalue weighted by Crippen LogP contribution is 2.26. The number of rotatable bonds is 4. The molecule has 1 aliphatic heterocycles. The summed E-state index contributed by atoms with van der Waals surface area (Å²) in [7, 11) is -4.07. The monoisotopic (exact) mass is 462 g/mol. The Morgan fingerprint density at radius 1 is 1.03 bits per heavy atom. The van der Waals surface area contributed by atoms with Gasteiger partial charge in [0.15, 0.2) is 0 Å².